The number of halogens is 1. The van der Waals surface area contributed by atoms with E-state index in [9.17, 15) is 4.79 Å². The van der Waals surface area contributed by atoms with Crippen LogP contribution in [0, 0.1) is 0 Å². The number of carbonyl (C=O) groups is 1. The highest BCUT2D eigenvalue weighted by atomic mass is 79.9. The first-order chi connectivity index (χ1) is 8.61. The largest absolute Gasteiger partial charge is 0.372 e. The van der Waals surface area contributed by atoms with Gasteiger partial charge in [0.25, 0.3) is 5.91 Å². The summed E-state index contributed by atoms with van der Waals surface area (Å²) in [5.41, 5.74) is 1.45. The third-order valence-corrected chi connectivity index (χ3v) is 3.09. The number of hydrogen-bond donors (Lipinski definition) is 1. The summed E-state index contributed by atoms with van der Waals surface area (Å²) in [7, 11) is 1.50. The van der Waals surface area contributed by atoms with E-state index in [2.05, 4.69) is 26.2 Å². The fourth-order valence-corrected chi connectivity index (χ4v) is 1.93. The molecule has 4 nitrogen and oxygen atoms in total. The Morgan fingerprint density at radius 1 is 1.50 bits per heavy atom. The zero-order valence-corrected chi connectivity index (χ0v) is 11.7. The molecule has 1 N–H and O–H groups in total. The molecule has 0 aliphatic heterocycles. The van der Waals surface area contributed by atoms with Crippen LogP contribution in [-0.4, -0.2) is 24.1 Å². The molecule has 1 unspecified atom stereocenters. The number of rotatable bonds is 3. The normalized spacial score (nSPS) is 12.4. The van der Waals surface area contributed by atoms with E-state index in [1.807, 2.05) is 24.3 Å². The van der Waals surface area contributed by atoms with Gasteiger partial charge in [-0.25, -0.2) is 0 Å². The Balaban J connectivity index is 2.37. The van der Waals surface area contributed by atoms with Crippen LogP contribution in [0.4, 0.5) is 5.69 Å². The number of ether oxygens (including phenoxy) is 1. The van der Waals surface area contributed by atoms with E-state index in [1.165, 1.54) is 7.11 Å². The molecule has 1 atom stereocenters. The monoisotopic (exact) mass is 308 g/mol. The van der Waals surface area contributed by atoms with Crippen LogP contribution >= 0.6 is 15.9 Å². The number of aromatic nitrogens is 1. The lowest BCUT2D eigenvalue weighted by atomic mass is 10.2. The molecule has 0 fully saturated rings. The number of nitrogens with one attached hydrogen (secondary N) is 1. The van der Waals surface area contributed by atoms with E-state index < -0.39 is 6.10 Å². The van der Waals surface area contributed by atoms with Crippen molar-refractivity contribution in [3.63, 3.8) is 0 Å². The van der Waals surface area contributed by atoms with Crippen molar-refractivity contribution < 1.29 is 9.53 Å². The second-order valence-electron chi connectivity index (χ2n) is 3.90. The maximum atomic E-state index is 11.8. The Morgan fingerprint density at radius 2 is 2.28 bits per heavy atom. The highest BCUT2D eigenvalue weighted by Gasteiger charge is 2.13. The molecule has 2 aromatic rings. The van der Waals surface area contributed by atoms with Gasteiger partial charge in [-0.2, -0.15) is 0 Å². The number of hydrogen-bond acceptors (Lipinski definition) is 3. The number of carbonyl (C=O) groups excluding carboxylic acids is 1. The van der Waals surface area contributed by atoms with Gasteiger partial charge in [0.2, 0.25) is 0 Å². The molecule has 18 heavy (non-hydrogen) atoms. The summed E-state index contributed by atoms with van der Waals surface area (Å²) in [5, 5.41) is 3.78. The van der Waals surface area contributed by atoms with Crippen molar-refractivity contribution in [3.05, 3.63) is 34.9 Å². The lowest BCUT2D eigenvalue weighted by Crippen LogP contribution is -2.26. The zero-order valence-electron chi connectivity index (χ0n) is 10.1. The molecule has 94 valence electrons. The van der Waals surface area contributed by atoms with Gasteiger partial charge in [-0.3, -0.25) is 9.78 Å². The van der Waals surface area contributed by atoms with E-state index in [1.54, 1.807) is 13.1 Å². The second kappa shape index (κ2) is 5.46. The second-order valence-corrected chi connectivity index (χ2v) is 4.81. The molecule has 5 heteroatoms. The maximum absolute atomic E-state index is 11.8. The van der Waals surface area contributed by atoms with E-state index in [0.29, 0.717) is 5.69 Å². The molecule has 0 saturated heterocycles. The molecule has 0 aliphatic carbocycles. The molecule has 1 aromatic carbocycles. The van der Waals surface area contributed by atoms with Crippen molar-refractivity contribution in [1.82, 2.24) is 4.98 Å². The van der Waals surface area contributed by atoms with Crippen LogP contribution in [0.3, 0.4) is 0 Å². The third-order valence-electron chi connectivity index (χ3n) is 2.66. The number of pyridine rings is 1. The van der Waals surface area contributed by atoms with Gasteiger partial charge in [0.05, 0.1) is 11.2 Å². The van der Waals surface area contributed by atoms with E-state index in [4.69, 9.17) is 4.74 Å². The first-order valence-electron chi connectivity index (χ1n) is 5.49. The minimum Gasteiger partial charge on any atom is -0.372 e. The van der Waals surface area contributed by atoms with Crippen molar-refractivity contribution in [2.45, 2.75) is 13.0 Å². The molecular weight excluding hydrogens is 296 g/mol. The SMILES string of the molecule is COC(C)C(=O)Nc1cccc2cc(Br)cnc12. The minimum atomic E-state index is -0.490. The van der Waals surface area contributed by atoms with E-state index in [0.717, 1.165) is 15.4 Å². The quantitative estimate of drug-likeness (QED) is 0.948. The van der Waals surface area contributed by atoms with Gasteiger partial charge in [0.1, 0.15) is 6.10 Å². The molecular formula is C13H13BrN2O2. The molecule has 1 amide bonds. The van der Waals surface area contributed by atoms with Gasteiger partial charge in [0.15, 0.2) is 0 Å². The van der Waals surface area contributed by atoms with E-state index in [-0.39, 0.29) is 5.91 Å². The average molecular weight is 309 g/mol. The predicted octanol–water partition coefficient (Wildman–Crippen LogP) is 2.97. The van der Waals surface area contributed by atoms with Crippen LogP contribution in [0.5, 0.6) is 0 Å². The van der Waals surface area contributed by atoms with E-state index >= 15 is 0 Å². The molecule has 0 spiro atoms. The van der Waals surface area contributed by atoms with Crippen molar-refractivity contribution in [2.75, 3.05) is 12.4 Å². The van der Waals surface area contributed by atoms with Gasteiger partial charge in [-0.1, -0.05) is 12.1 Å². The smallest absolute Gasteiger partial charge is 0.253 e. The highest BCUT2D eigenvalue weighted by molar-refractivity contribution is 9.10. The molecule has 2 rings (SSSR count). The Hall–Kier alpha value is -1.46. The number of fused-ring (bicyclic) bond motifs is 1. The van der Waals surface area contributed by atoms with Gasteiger partial charge < -0.3 is 10.1 Å². The number of benzene rings is 1. The number of methoxy groups -OCH3 is 1. The molecule has 0 aliphatic rings. The molecule has 0 radical (unpaired) electrons. The third kappa shape index (κ3) is 2.68. The number of para-hydroxylation sites is 1. The lowest BCUT2D eigenvalue weighted by Gasteiger charge is -2.11. The predicted molar refractivity (Wildman–Crippen MR) is 74.5 cm³/mol. The fraction of sp³-hybridized carbons (Fsp3) is 0.231. The topological polar surface area (TPSA) is 51.2 Å². The van der Waals surface area contributed by atoms with Gasteiger partial charge >= 0.3 is 0 Å². The molecule has 0 saturated carbocycles. The summed E-state index contributed by atoms with van der Waals surface area (Å²) in [6.07, 6.45) is 1.22. The first kappa shape index (κ1) is 13.0. The summed E-state index contributed by atoms with van der Waals surface area (Å²) >= 11 is 3.37. The number of anilines is 1. The standard InChI is InChI=1S/C13H13BrN2O2/c1-8(18-2)13(17)16-11-5-3-4-9-6-10(14)7-15-12(9)11/h3-8H,1-2H3,(H,16,17). The average Bonchev–Trinajstić information content (AvgIpc) is 2.37. The van der Waals surface area contributed by atoms with Crippen molar-refractivity contribution >= 4 is 38.4 Å². The number of nitrogens with zero attached hydrogens (tertiary/aromatic N) is 1. The summed E-state index contributed by atoms with van der Waals surface area (Å²) in [5.74, 6) is -0.185. The first-order valence-corrected chi connectivity index (χ1v) is 6.29. The van der Waals surface area contributed by atoms with Crippen LogP contribution in [0.15, 0.2) is 34.9 Å². The van der Waals surface area contributed by atoms with Gasteiger partial charge in [-0.15, -0.1) is 0 Å². The van der Waals surface area contributed by atoms with Crippen LogP contribution in [0.2, 0.25) is 0 Å². The van der Waals surface area contributed by atoms with Crippen LogP contribution < -0.4 is 5.32 Å². The fourth-order valence-electron chi connectivity index (χ4n) is 1.58. The Kier molecular flexibility index (Phi) is 3.93. The molecule has 0 bridgehead atoms. The minimum absolute atomic E-state index is 0.185. The Labute approximate surface area is 113 Å². The summed E-state index contributed by atoms with van der Waals surface area (Å²) < 4.78 is 5.88. The van der Waals surface area contributed by atoms with Crippen LogP contribution in [0.1, 0.15) is 6.92 Å². The lowest BCUT2D eigenvalue weighted by molar-refractivity contribution is -0.124. The van der Waals surface area contributed by atoms with Crippen molar-refractivity contribution in [3.8, 4) is 0 Å². The van der Waals surface area contributed by atoms with Gasteiger partial charge in [-0.05, 0) is 35.0 Å². The van der Waals surface area contributed by atoms with Crippen molar-refractivity contribution in [1.29, 1.82) is 0 Å². The zero-order chi connectivity index (χ0) is 13.1. The summed E-state index contributed by atoms with van der Waals surface area (Å²) in [6, 6.07) is 7.60. The molecule has 1 aromatic heterocycles. The molecule has 1 heterocycles. The number of amides is 1. The maximum Gasteiger partial charge on any atom is 0.253 e. The Bertz CT molecular complexity index is 586. The van der Waals surface area contributed by atoms with Crippen LogP contribution in [0.25, 0.3) is 10.9 Å². The Morgan fingerprint density at radius 3 is 3.00 bits per heavy atom. The summed E-state index contributed by atoms with van der Waals surface area (Å²) in [6.45, 7) is 1.70. The summed E-state index contributed by atoms with van der Waals surface area (Å²) in [4.78, 5) is 16.1. The van der Waals surface area contributed by atoms with Gasteiger partial charge in [0, 0.05) is 23.2 Å². The van der Waals surface area contributed by atoms with Crippen molar-refractivity contribution in [2.24, 2.45) is 0 Å². The van der Waals surface area contributed by atoms with Crippen LogP contribution in [-0.2, 0) is 9.53 Å². The highest BCUT2D eigenvalue weighted by Crippen LogP contribution is 2.24.